The summed E-state index contributed by atoms with van der Waals surface area (Å²) in [5.41, 5.74) is 5.57. The summed E-state index contributed by atoms with van der Waals surface area (Å²) in [7, 11) is 3.41. The number of ether oxygens (including phenoxy) is 1. The van der Waals surface area contributed by atoms with Gasteiger partial charge in [0.05, 0.1) is 18.8 Å². The van der Waals surface area contributed by atoms with Gasteiger partial charge in [0.15, 0.2) is 0 Å². The largest absolute Gasteiger partial charge is 0.496 e. The Labute approximate surface area is 134 Å². The van der Waals surface area contributed by atoms with Crippen molar-refractivity contribution in [3.63, 3.8) is 0 Å². The first kappa shape index (κ1) is 16.1. The Morgan fingerprint density at radius 3 is 2.67 bits per heavy atom. The molecule has 21 heavy (non-hydrogen) atoms. The van der Waals surface area contributed by atoms with Crippen LogP contribution in [0, 0.1) is 6.92 Å². The quantitative estimate of drug-likeness (QED) is 0.654. The highest BCUT2D eigenvalue weighted by atomic mass is 35.5. The Hall–Kier alpha value is -1.27. The number of nitrogens with one attached hydrogen (secondary N) is 1. The molecule has 0 amide bonds. The smallest absolute Gasteiger partial charge is 0.130 e. The van der Waals surface area contributed by atoms with Gasteiger partial charge in [0.25, 0.3) is 0 Å². The summed E-state index contributed by atoms with van der Waals surface area (Å²) in [4.78, 5) is 0. The van der Waals surface area contributed by atoms with Crippen molar-refractivity contribution in [2.24, 2.45) is 12.9 Å². The maximum absolute atomic E-state index is 6.28. The van der Waals surface area contributed by atoms with E-state index >= 15 is 0 Å². The second-order valence-corrected chi connectivity index (χ2v) is 5.58. The molecule has 0 bridgehead atoms. The Balaban J connectivity index is 2.36. The van der Waals surface area contributed by atoms with E-state index < -0.39 is 0 Å². The number of rotatable bonds is 5. The number of nitrogens with two attached hydrogens (primary N) is 1. The molecule has 7 heteroatoms. The van der Waals surface area contributed by atoms with Gasteiger partial charge in [-0.2, -0.15) is 5.10 Å². The van der Waals surface area contributed by atoms with Crippen molar-refractivity contribution in [1.82, 2.24) is 15.2 Å². The van der Waals surface area contributed by atoms with Crippen LogP contribution in [0.3, 0.4) is 0 Å². The average Bonchev–Trinajstić information content (AvgIpc) is 2.70. The standard InChI is InChI=1S/C14H18Cl2N4O/c1-8-11(14(16)20(2)19-8)7-12(18-17)10-5-4-9(15)6-13(10)21-3/h4-6,12,18H,7,17H2,1-3H3. The van der Waals surface area contributed by atoms with E-state index in [0.717, 1.165) is 16.8 Å². The summed E-state index contributed by atoms with van der Waals surface area (Å²) in [6.07, 6.45) is 0.604. The molecule has 5 nitrogen and oxygen atoms in total. The Morgan fingerprint density at radius 1 is 1.43 bits per heavy atom. The van der Waals surface area contributed by atoms with E-state index in [4.69, 9.17) is 33.8 Å². The molecule has 114 valence electrons. The van der Waals surface area contributed by atoms with E-state index in [2.05, 4.69) is 10.5 Å². The Bertz CT molecular complexity index is 642. The van der Waals surface area contributed by atoms with Gasteiger partial charge in [-0.3, -0.25) is 16.0 Å². The van der Waals surface area contributed by atoms with Crippen LogP contribution in [0.15, 0.2) is 18.2 Å². The monoisotopic (exact) mass is 328 g/mol. The maximum atomic E-state index is 6.28. The zero-order valence-corrected chi connectivity index (χ0v) is 13.7. The summed E-state index contributed by atoms with van der Waals surface area (Å²) in [5, 5.41) is 5.54. The van der Waals surface area contributed by atoms with Gasteiger partial charge in [-0.25, -0.2) is 0 Å². The summed E-state index contributed by atoms with van der Waals surface area (Å²) in [6, 6.07) is 5.31. The fourth-order valence-corrected chi connectivity index (χ4v) is 2.76. The van der Waals surface area contributed by atoms with Crippen LogP contribution in [0.4, 0.5) is 0 Å². The lowest BCUT2D eigenvalue weighted by molar-refractivity contribution is 0.399. The molecule has 0 saturated heterocycles. The van der Waals surface area contributed by atoms with Crippen LogP contribution in [0.2, 0.25) is 10.2 Å². The third-order valence-corrected chi connectivity index (χ3v) is 4.16. The highest BCUT2D eigenvalue weighted by molar-refractivity contribution is 6.30. The lowest BCUT2D eigenvalue weighted by atomic mass is 9.99. The Morgan fingerprint density at radius 2 is 2.14 bits per heavy atom. The summed E-state index contributed by atoms with van der Waals surface area (Å²) in [5.74, 6) is 6.40. The van der Waals surface area contributed by atoms with Crippen molar-refractivity contribution in [3.8, 4) is 5.75 Å². The number of aromatic nitrogens is 2. The van der Waals surface area contributed by atoms with Crippen molar-refractivity contribution in [2.75, 3.05) is 7.11 Å². The average molecular weight is 329 g/mol. The molecule has 0 radical (unpaired) electrons. The van der Waals surface area contributed by atoms with Gasteiger partial charge < -0.3 is 4.74 Å². The molecule has 1 heterocycles. The van der Waals surface area contributed by atoms with Gasteiger partial charge in [-0.1, -0.05) is 29.3 Å². The van der Waals surface area contributed by atoms with E-state index in [9.17, 15) is 0 Å². The molecular weight excluding hydrogens is 311 g/mol. The summed E-state index contributed by atoms with van der Waals surface area (Å²) < 4.78 is 7.03. The van der Waals surface area contributed by atoms with Gasteiger partial charge in [0, 0.05) is 23.2 Å². The van der Waals surface area contributed by atoms with Gasteiger partial charge >= 0.3 is 0 Å². The number of hydrazine groups is 1. The zero-order chi connectivity index (χ0) is 15.6. The summed E-state index contributed by atoms with van der Waals surface area (Å²) >= 11 is 12.3. The van der Waals surface area contributed by atoms with E-state index in [1.54, 1.807) is 17.9 Å². The molecule has 1 aromatic heterocycles. The van der Waals surface area contributed by atoms with Crippen molar-refractivity contribution >= 4 is 23.2 Å². The number of hydrogen-bond donors (Lipinski definition) is 2. The topological polar surface area (TPSA) is 65.1 Å². The number of benzene rings is 1. The van der Waals surface area contributed by atoms with Gasteiger partial charge in [0.1, 0.15) is 10.9 Å². The number of halogens is 2. The molecule has 0 aliphatic rings. The first-order chi connectivity index (χ1) is 9.97. The molecule has 1 unspecified atom stereocenters. The van der Waals surface area contributed by atoms with Crippen LogP contribution in [0.5, 0.6) is 5.75 Å². The van der Waals surface area contributed by atoms with Crippen LogP contribution < -0.4 is 16.0 Å². The molecule has 0 aliphatic carbocycles. The molecule has 3 N–H and O–H groups in total. The molecule has 2 aromatic rings. The second kappa shape index (κ2) is 6.66. The first-order valence-electron chi connectivity index (χ1n) is 6.45. The highest BCUT2D eigenvalue weighted by Crippen LogP contribution is 2.32. The van der Waals surface area contributed by atoms with E-state index in [1.807, 2.05) is 26.1 Å². The van der Waals surface area contributed by atoms with Crippen LogP contribution in [-0.2, 0) is 13.5 Å². The lowest BCUT2D eigenvalue weighted by Crippen LogP contribution is -2.30. The van der Waals surface area contributed by atoms with E-state index in [1.165, 1.54) is 0 Å². The minimum Gasteiger partial charge on any atom is -0.496 e. The third-order valence-electron chi connectivity index (χ3n) is 3.45. The predicted molar refractivity (Wildman–Crippen MR) is 84.7 cm³/mol. The minimum absolute atomic E-state index is 0.155. The predicted octanol–water partition coefficient (Wildman–Crippen LogP) is 2.79. The fraction of sp³-hybridized carbons (Fsp3) is 0.357. The van der Waals surface area contributed by atoms with Crippen molar-refractivity contribution in [2.45, 2.75) is 19.4 Å². The van der Waals surface area contributed by atoms with Crippen LogP contribution in [0.25, 0.3) is 0 Å². The van der Waals surface area contributed by atoms with Crippen LogP contribution in [-0.4, -0.2) is 16.9 Å². The zero-order valence-electron chi connectivity index (χ0n) is 12.2. The third kappa shape index (κ3) is 3.32. The molecule has 1 aromatic carbocycles. The Kier molecular flexibility index (Phi) is 5.11. The van der Waals surface area contributed by atoms with Crippen molar-refractivity contribution in [3.05, 3.63) is 45.2 Å². The number of aryl methyl sites for hydroxylation is 2. The second-order valence-electron chi connectivity index (χ2n) is 4.79. The van der Waals surface area contributed by atoms with Gasteiger partial charge in [-0.05, 0) is 25.5 Å². The first-order valence-corrected chi connectivity index (χ1v) is 7.21. The van der Waals surface area contributed by atoms with Gasteiger partial charge in [-0.15, -0.1) is 0 Å². The normalized spacial score (nSPS) is 12.5. The van der Waals surface area contributed by atoms with Crippen LogP contribution in [0.1, 0.15) is 22.9 Å². The molecule has 0 saturated carbocycles. The molecule has 0 aliphatic heterocycles. The molecule has 2 rings (SSSR count). The fourth-order valence-electron chi connectivity index (χ4n) is 2.34. The molecule has 0 fully saturated rings. The SMILES string of the molecule is COc1cc(Cl)ccc1C(Cc1c(C)nn(C)c1Cl)NN. The summed E-state index contributed by atoms with van der Waals surface area (Å²) in [6.45, 7) is 1.92. The number of nitrogens with zero attached hydrogens (tertiary/aromatic N) is 2. The van der Waals surface area contributed by atoms with E-state index in [-0.39, 0.29) is 6.04 Å². The van der Waals surface area contributed by atoms with Crippen molar-refractivity contribution in [1.29, 1.82) is 0 Å². The van der Waals surface area contributed by atoms with Crippen molar-refractivity contribution < 1.29 is 4.74 Å². The molecular formula is C14H18Cl2N4O. The number of methoxy groups -OCH3 is 1. The molecule has 1 atom stereocenters. The maximum Gasteiger partial charge on any atom is 0.130 e. The van der Waals surface area contributed by atoms with Gasteiger partial charge in [0.2, 0.25) is 0 Å². The van der Waals surface area contributed by atoms with E-state index in [0.29, 0.717) is 22.3 Å². The lowest BCUT2D eigenvalue weighted by Gasteiger charge is -2.19. The molecule has 0 spiro atoms. The minimum atomic E-state index is -0.155. The highest BCUT2D eigenvalue weighted by Gasteiger charge is 2.20. The van der Waals surface area contributed by atoms with Crippen LogP contribution >= 0.6 is 23.2 Å². The number of hydrogen-bond acceptors (Lipinski definition) is 4.